The quantitative estimate of drug-likeness (QED) is 0.368. The predicted octanol–water partition coefficient (Wildman–Crippen LogP) is 3.57. The van der Waals surface area contributed by atoms with Gasteiger partial charge in [0.2, 0.25) is 5.89 Å². The van der Waals surface area contributed by atoms with E-state index in [9.17, 15) is 14.9 Å². The molecule has 9 heteroatoms. The second-order valence-electron chi connectivity index (χ2n) is 5.53. The highest BCUT2D eigenvalue weighted by Gasteiger charge is 2.20. The molecule has 2 aromatic carbocycles. The summed E-state index contributed by atoms with van der Waals surface area (Å²) in [7, 11) is 1.51. The lowest BCUT2D eigenvalue weighted by Gasteiger charge is -2.10. The molecule has 1 atom stereocenters. The van der Waals surface area contributed by atoms with E-state index in [0.29, 0.717) is 16.9 Å². The van der Waals surface area contributed by atoms with Crippen LogP contribution in [0.5, 0.6) is 5.75 Å². The largest absolute Gasteiger partial charge is 0.497 e. The van der Waals surface area contributed by atoms with Crippen LogP contribution in [0.3, 0.4) is 0 Å². The fourth-order valence-corrected chi connectivity index (χ4v) is 2.27. The Balaban J connectivity index is 1.71. The Morgan fingerprint density at radius 1 is 1.19 bits per heavy atom. The highest BCUT2D eigenvalue weighted by molar-refractivity contribution is 5.90. The van der Waals surface area contributed by atoms with Crippen LogP contribution in [-0.2, 0) is 4.74 Å². The first kappa shape index (κ1) is 18.1. The summed E-state index contributed by atoms with van der Waals surface area (Å²) in [4.78, 5) is 22.4. The Hall–Kier alpha value is -3.75. The first-order chi connectivity index (χ1) is 13.0. The van der Waals surface area contributed by atoms with E-state index in [4.69, 9.17) is 13.9 Å². The number of non-ortho nitro benzene ring substituents is 1. The molecule has 138 valence electrons. The van der Waals surface area contributed by atoms with Crippen LogP contribution in [0.1, 0.15) is 29.3 Å². The molecule has 0 aliphatic rings. The van der Waals surface area contributed by atoms with Crippen molar-refractivity contribution in [1.29, 1.82) is 0 Å². The van der Waals surface area contributed by atoms with Crippen molar-refractivity contribution in [2.75, 3.05) is 7.11 Å². The number of nitro benzene ring substituents is 1. The molecule has 0 aliphatic heterocycles. The summed E-state index contributed by atoms with van der Waals surface area (Å²) in [6, 6.07) is 12.2. The van der Waals surface area contributed by atoms with Gasteiger partial charge in [0.05, 0.1) is 17.6 Å². The van der Waals surface area contributed by atoms with Gasteiger partial charge in [-0.15, -0.1) is 10.2 Å². The number of rotatable bonds is 6. The summed E-state index contributed by atoms with van der Waals surface area (Å²) in [6.07, 6.45) is -0.775. The van der Waals surface area contributed by atoms with Crippen LogP contribution >= 0.6 is 0 Å². The molecule has 0 bridgehead atoms. The molecule has 27 heavy (non-hydrogen) atoms. The average molecular weight is 369 g/mol. The van der Waals surface area contributed by atoms with Gasteiger partial charge < -0.3 is 13.9 Å². The SMILES string of the molecule is COc1cccc(C(=O)O[C@H](C)c2nnc(-c3ccc([N+](=O)[O-])cc3)o2)c1. The predicted molar refractivity (Wildman–Crippen MR) is 93.2 cm³/mol. The first-order valence-corrected chi connectivity index (χ1v) is 7.91. The Labute approximate surface area is 153 Å². The lowest BCUT2D eigenvalue weighted by molar-refractivity contribution is -0.384. The molecule has 1 heterocycles. The molecule has 3 aromatic rings. The maximum atomic E-state index is 12.2. The van der Waals surface area contributed by atoms with Crippen molar-refractivity contribution in [2.24, 2.45) is 0 Å². The number of carbonyl (C=O) groups excluding carboxylic acids is 1. The molecule has 0 saturated heterocycles. The minimum absolute atomic E-state index is 0.0425. The lowest BCUT2D eigenvalue weighted by atomic mass is 10.2. The van der Waals surface area contributed by atoms with Crippen LogP contribution in [0, 0.1) is 10.1 Å². The van der Waals surface area contributed by atoms with Crippen LogP contribution in [0.4, 0.5) is 5.69 Å². The van der Waals surface area contributed by atoms with Gasteiger partial charge >= 0.3 is 5.97 Å². The molecule has 0 aliphatic carbocycles. The van der Waals surface area contributed by atoms with Crippen molar-refractivity contribution in [1.82, 2.24) is 10.2 Å². The summed E-state index contributed by atoms with van der Waals surface area (Å²) < 4.78 is 15.9. The van der Waals surface area contributed by atoms with Crippen LogP contribution in [0.25, 0.3) is 11.5 Å². The Kier molecular flexibility index (Phi) is 5.11. The lowest BCUT2D eigenvalue weighted by Crippen LogP contribution is -2.09. The maximum absolute atomic E-state index is 12.2. The molecular weight excluding hydrogens is 354 g/mol. The van der Waals surface area contributed by atoms with Gasteiger partial charge in [-0.05, 0) is 37.3 Å². The van der Waals surface area contributed by atoms with Crippen molar-refractivity contribution in [3.8, 4) is 17.2 Å². The zero-order chi connectivity index (χ0) is 19.4. The molecule has 0 amide bonds. The maximum Gasteiger partial charge on any atom is 0.339 e. The molecule has 0 fully saturated rings. The van der Waals surface area contributed by atoms with Crippen molar-refractivity contribution in [3.05, 3.63) is 70.1 Å². The fourth-order valence-electron chi connectivity index (χ4n) is 2.27. The van der Waals surface area contributed by atoms with Gasteiger partial charge in [0.15, 0.2) is 6.10 Å². The van der Waals surface area contributed by atoms with E-state index in [1.165, 1.54) is 31.4 Å². The summed E-state index contributed by atoms with van der Waals surface area (Å²) >= 11 is 0. The molecular formula is C18H15N3O6. The third-order valence-corrected chi connectivity index (χ3v) is 3.70. The minimum atomic E-state index is -0.775. The normalized spacial score (nSPS) is 11.6. The van der Waals surface area contributed by atoms with Gasteiger partial charge in [0.25, 0.3) is 11.6 Å². The molecule has 1 aromatic heterocycles. The van der Waals surface area contributed by atoms with E-state index in [0.717, 1.165) is 0 Å². The summed E-state index contributed by atoms with van der Waals surface area (Å²) in [5, 5.41) is 18.5. The number of methoxy groups -OCH3 is 1. The number of esters is 1. The zero-order valence-corrected chi connectivity index (χ0v) is 14.5. The van der Waals surface area contributed by atoms with Crippen molar-refractivity contribution in [2.45, 2.75) is 13.0 Å². The smallest absolute Gasteiger partial charge is 0.339 e. The molecule has 0 radical (unpaired) electrons. The topological polar surface area (TPSA) is 118 Å². The number of nitrogens with zero attached hydrogens (tertiary/aromatic N) is 3. The summed E-state index contributed by atoms with van der Waals surface area (Å²) in [5.41, 5.74) is 0.807. The Morgan fingerprint density at radius 2 is 1.93 bits per heavy atom. The van der Waals surface area contributed by atoms with E-state index in [1.54, 1.807) is 31.2 Å². The standard InChI is InChI=1S/C18H15N3O6/c1-11(26-18(22)13-4-3-5-15(10-13)25-2)16-19-20-17(27-16)12-6-8-14(9-7-12)21(23)24/h3-11H,1-2H3/t11-/m1/s1. The number of carbonyl (C=O) groups is 1. The molecule has 3 rings (SSSR count). The first-order valence-electron chi connectivity index (χ1n) is 7.91. The summed E-state index contributed by atoms with van der Waals surface area (Å²) in [6.45, 7) is 1.60. The molecule has 0 unspecified atom stereocenters. The molecule has 0 saturated carbocycles. The Bertz CT molecular complexity index is 967. The highest BCUT2D eigenvalue weighted by Crippen LogP contribution is 2.25. The van der Waals surface area contributed by atoms with Gasteiger partial charge in [-0.1, -0.05) is 6.07 Å². The van der Waals surface area contributed by atoms with E-state index in [-0.39, 0.29) is 17.5 Å². The van der Waals surface area contributed by atoms with Crippen LogP contribution in [0.15, 0.2) is 52.9 Å². The van der Waals surface area contributed by atoms with E-state index in [2.05, 4.69) is 10.2 Å². The van der Waals surface area contributed by atoms with Gasteiger partial charge in [0, 0.05) is 17.7 Å². The van der Waals surface area contributed by atoms with E-state index in [1.807, 2.05) is 0 Å². The van der Waals surface area contributed by atoms with Gasteiger partial charge in [0.1, 0.15) is 5.75 Å². The van der Waals surface area contributed by atoms with Gasteiger partial charge in [-0.2, -0.15) is 0 Å². The fraction of sp³-hybridized carbons (Fsp3) is 0.167. The second kappa shape index (κ2) is 7.65. The number of ether oxygens (including phenoxy) is 2. The van der Waals surface area contributed by atoms with Crippen LogP contribution < -0.4 is 4.74 Å². The number of nitro groups is 1. The third-order valence-electron chi connectivity index (χ3n) is 3.70. The van der Waals surface area contributed by atoms with Crippen LogP contribution in [0.2, 0.25) is 0 Å². The Morgan fingerprint density at radius 3 is 2.59 bits per heavy atom. The monoisotopic (exact) mass is 369 g/mol. The van der Waals surface area contributed by atoms with Gasteiger partial charge in [-0.3, -0.25) is 10.1 Å². The van der Waals surface area contributed by atoms with Crippen molar-refractivity contribution < 1.29 is 23.6 Å². The minimum Gasteiger partial charge on any atom is -0.497 e. The zero-order valence-electron chi connectivity index (χ0n) is 14.5. The van der Waals surface area contributed by atoms with Crippen molar-refractivity contribution in [3.63, 3.8) is 0 Å². The molecule has 0 spiro atoms. The summed E-state index contributed by atoms with van der Waals surface area (Å²) in [5.74, 6) is 0.260. The van der Waals surface area contributed by atoms with E-state index >= 15 is 0 Å². The molecule has 9 nitrogen and oxygen atoms in total. The highest BCUT2D eigenvalue weighted by atomic mass is 16.6. The van der Waals surface area contributed by atoms with E-state index < -0.39 is 17.0 Å². The number of aromatic nitrogens is 2. The molecule has 0 N–H and O–H groups in total. The van der Waals surface area contributed by atoms with Gasteiger partial charge in [-0.25, -0.2) is 4.79 Å². The average Bonchev–Trinajstić information content (AvgIpc) is 3.18. The number of hydrogen-bond acceptors (Lipinski definition) is 8. The number of benzene rings is 2. The van der Waals surface area contributed by atoms with Crippen LogP contribution in [-0.4, -0.2) is 28.2 Å². The third kappa shape index (κ3) is 4.09. The van der Waals surface area contributed by atoms with Crippen molar-refractivity contribution >= 4 is 11.7 Å². The second-order valence-corrected chi connectivity index (χ2v) is 5.53. The number of hydrogen-bond donors (Lipinski definition) is 0.